The van der Waals surface area contributed by atoms with Crippen molar-refractivity contribution in [3.05, 3.63) is 0 Å². The van der Waals surface area contributed by atoms with E-state index in [1.807, 2.05) is 6.92 Å². The Morgan fingerprint density at radius 1 is 1.29 bits per heavy atom. The van der Waals surface area contributed by atoms with Crippen LogP contribution in [0, 0.1) is 34.0 Å². The third-order valence-electron chi connectivity index (χ3n) is 5.86. The summed E-state index contributed by atoms with van der Waals surface area (Å²) in [6.45, 7) is 1.96. The van der Waals surface area contributed by atoms with Crippen molar-refractivity contribution in [2.75, 3.05) is 0 Å². The van der Waals surface area contributed by atoms with Crippen molar-refractivity contribution in [3.8, 4) is 0 Å². The molecule has 2 bridgehead atoms. The third kappa shape index (κ3) is 0.273. The molecule has 0 radical (unpaired) electrons. The van der Waals surface area contributed by atoms with E-state index in [9.17, 15) is 19.8 Å². The van der Waals surface area contributed by atoms with E-state index in [2.05, 4.69) is 0 Å². The van der Waals surface area contributed by atoms with Crippen LogP contribution in [-0.4, -0.2) is 22.2 Å². The lowest BCUT2D eigenvalue weighted by atomic mass is 9.65. The van der Waals surface area contributed by atoms with Gasteiger partial charge in [-0.25, -0.2) is 0 Å². The Labute approximate surface area is 79.9 Å². The summed E-state index contributed by atoms with van der Waals surface area (Å²) in [6, 6.07) is 0. The van der Waals surface area contributed by atoms with Gasteiger partial charge >= 0.3 is 11.9 Å². The van der Waals surface area contributed by atoms with Gasteiger partial charge in [0, 0.05) is 0 Å². The van der Waals surface area contributed by atoms with E-state index in [-0.39, 0.29) is 23.2 Å². The number of rotatable bonds is 2. The minimum absolute atomic E-state index is 0.151. The molecule has 6 atom stereocenters. The van der Waals surface area contributed by atoms with Gasteiger partial charge in [0.2, 0.25) is 0 Å². The molecule has 0 heterocycles. The number of hydrogen-bond donors (Lipinski definition) is 2. The Balaban J connectivity index is 1.97. The van der Waals surface area contributed by atoms with E-state index >= 15 is 0 Å². The van der Waals surface area contributed by atoms with Crippen LogP contribution in [0.2, 0.25) is 0 Å². The Morgan fingerprint density at radius 3 is 2.21 bits per heavy atom. The highest BCUT2D eigenvalue weighted by Crippen LogP contribution is 3.10. The highest BCUT2D eigenvalue weighted by atomic mass is 16.4. The van der Waals surface area contributed by atoms with E-state index in [0.717, 1.165) is 6.42 Å². The van der Waals surface area contributed by atoms with Crippen LogP contribution < -0.4 is 0 Å². The van der Waals surface area contributed by atoms with Gasteiger partial charge in [-0.05, 0) is 29.6 Å². The fraction of sp³-hybridized carbons (Fsp3) is 0.800. The molecule has 4 heteroatoms. The molecule has 74 valence electrons. The monoisotopic (exact) mass is 194 g/mol. The Kier molecular flexibility index (Phi) is 0.683. The normalized spacial score (nSPS) is 69.4. The van der Waals surface area contributed by atoms with E-state index in [1.165, 1.54) is 0 Å². The molecule has 2 N–H and O–H groups in total. The first-order chi connectivity index (χ1) is 6.48. The molecule has 5 aliphatic rings. The molecule has 0 aliphatic heterocycles. The van der Waals surface area contributed by atoms with E-state index in [4.69, 9.17) is 0 Å². The van der Waals surface area contributed by atoms with Gasteiger partial charge in [-0.1, -0.05) is 6.92 Å². The standard InChI is InChI=1S/C10H10O4/c1-8-4-2-3-5(8)9(3,6(11)12)10(4,8)7(13)14/h3-5H,2H2,1H3,(H,11,12)(H,13,14). The van der Waals surface area contributed by atoms with E-state index < -0.39 is 22.8 Å². The van der Waals surface area contributed by atoms with Crippen molar-refractivity contribution in [3.63, 3.8) is 0 Å². The first-order valence-electron chi connectivity index (χ1n) is 4.95. The van der Waals surface area contributed by atoms with Gasteiger partial charge in [0.15, 0.2) is 0 Å². The van der Waals surface area contributed by atoms with Gasteiger partial charge in [0.05, 0.1) is 10.8 Å². The second-order valence-corrected chi connectivity index (χ2v) is 5.44. The molecule has 0 aromatic heterocycles. The smallest absolute Gasteiger partial charge is 0.311 e. The zero-order chi connectivity index (χ0) is 10.1. The van der Waals surface area contributed by atoms with Crippen molar-refractivity contribution in [1.82, 2.24) is 0 Å². The summed E-state index contributed by atoms with van der Waals surface area (Å²) in [4.78, 5) is 22.5. The van der Waals surface area contributed by atoms with Gasteiger partial charge in [-0.3, -0.25) is 9.59 Å². The summed E-state index contributed by atoms with van der Waals surface area (Å²) < 4.78 is 0. The van der Waals surface area contributed by atoms with Crippen molar-refractivity contribution in [1.29, 1.82) is 0 Å². The Hall–Kier alpha value is -1.06. The third-order valence-corrected chi connectivity index (χ3v) is 5.86. The minimum atomic E-state index is -0.874. The van der Waals surface area contributed by atoms with Crippen LogP contribution >= 0.6 is 0 Å². The maximum Gasteiger partial charge on any atom is 0.311 e. The van der Waals surface area contributed by atoms with Crippen LogP contribution in [0.15, 0.2) is 0 Å². The van der Waals surface area contributed by atoms with Crippen molar-refractivity contribution < 1.29 is 19.8 Å². The molecule has 0 aromatic carbocycles. The van der Waals surface area contributed by atoms with Crippen LogP contribution in [0.5, 0.6) is 0 Å². The lowest BCUT2D eigenvalue weighted by molar-refractivity contribution is -0.168. The molecule has 0 spiro atoms. The maximum absolute atomic E-state index is 11.3. The number of carboxylic acid groups (broad SMARTS) is 2. The topological polar surface area (TPSA) is 74.6 Å². The van der Waals surface area contributed by atoms with Gasteiger partial charge < -0.3 is 10.2 Å². The second kappa shape index (κ2) is 1.32. The van der Waals surface area contributed by atoms with Crippen molar-refractivity contribution in [2.24, 2.45) is 34.0 Å². The molecule has 14 heavy (non-hydrogen) atoms. The van der Waals surface area contributed by atoms with E-state index in [0.29, 0.717) is 0 Å². The predicted octanol–water partition coefficient (Wildman–Crippen LogP) is 0.428. The molecule has 5 saturated carbocycles. The molecule has 5 fully saturated rings. The van der Waals surface area contributed by atoms with Gasteiger partial charge in [-0.15, -0.1) is 0 Å². The highest BCUT2D eigenvalue weighted by molar-refractivity contribution is 6.01. The molecular weight excluding hydrogens is 184 g/mol. The van der Waals surface area contributed by atoms with Crippen molar-refractivity contribution in [2.45, 2.75) is 13.3 Å². The lowest BCUT2D eigenvalue weighted by Gasteiger charge is -2.35. The highest BCUT2D eigenvalue weighted by Gasteiger charge is 3.14. The first kappa shape index (κ1) is 7.26. The minimum Gasteiger partial charge on any atom is -0.481 e. The molecular formula is C10H10O4. The van der Waals surface area contributed by atoms with Gasteiger partial charge in [0.25, 0.3) is 0 Å². The van der Waals surface area contributed by atoms with Crippen LogP contribution in [-0.2, 0) is 9.59 Å². The summed E-state index contributed by atoms with van der Waals surface area (Å²) >= 11 is 0. The van der Waals surface area contributed by atoms with Gasteiger partial charge in [-0.2, -0.15) is 0 Å². The average Bonchev–Trinajstić information content (AvgIpc) is 2.70. The molecule has 5 rings (SSSR count). The van der Waals surface area contributed by atoms with E-state index in [1.54, 1.807) is 0 Å². The number of aliphatic carboxylic acids is 2. The fourth-order valence-corrected chi connectivity index (χ4v) is 5.76. The average molecular weight is 194 g/mol. The summed E-state index contributed by atoms with van der Waals surface area (Å²) in [5, 5.41) is 18.4. The van der Waals surface area contributed by atoms with Gasteiger partial charge in [0.1, 0.15) is 0 Å². The molecule has 0 amide bonds. The number of carbonyl (C=O) groups is 2. The summed E-state index contributed by atoms with van der Waals surface area (Å²) in [5.74, 6) is -1.24. The molecule has 0 saturated heterocycles. The quantitative estimate of drug-likeness (QED) is 0.668. The molecule has 5 aliphatic carbocycles. The predicted molar refractivity (Wildman–Crippen MR) is 43.3 cm³/mol. The number of carboxylic acids is 2. The SMILES string of the molecule is CC12C3C4CC1C2(C(=O)O)C43C(=O)O. The summed E-state index contributed by atoms with van der Waals surface area (Å²) in [6.07, 6.45) is 0.833. The zero-order valence-electron chi connectivity index (χ0n) is 7.65. The number of hydrogen-bond acceptors (Lipinski definition) is 2. The Bertz CT molecular complexity index is 426. The van der Waals surface area contributed by atoms with Crippen LogP contribution in [0.25, 0.3) is 0 Å². The van der Waals surface area contributed by atoms with Crippen LogP contribution in [0.1, 0.15) is 13.3 Å². The molecule has 6 unspecified atom stereocenters. The lowest BCUT2D eigenvalue weighted by Crippen LogP contribution is -2.47. The Morgan fingerprint density at radius 2 is 1.93 bits per heavy atom. The van der Waals surface area contributed by atoms with Crippen LogP contribution in [0.3, 0.4) is 0 Å². The largest absolute Gasteiger partial charge is 0.481 e. The molecule has 0 aromatic rings. The van der Waals surface area contributed by atoms with Crippen molar-refractivity contribution >= 4 is 11.9 Å². The first-order valence-corrected chi connectivity index (χ1v) is 4.95. The van der Waals surface area contributed by atoms with Crippen LogP contribution in [0.4, 0.5) is 0 Å². The second-order valence-electron chi connectivity index (χ2n) is 5.44. The summed E-state index contributed by atoms with van der Waals surface area (Å²) in [7, 11) is 0. The molecule has 4 nitrogen and oxygen atoms in total. The summed E-state index contributed by atoms with van der Waals surface area (Å²) in [5.41, 5.74) is -1.89. The maximum atomic E-state index is 11.3. The zero-order valence-corrected chi connectivity index (χ0v) is 7.65. The fourth-order valence-electron chi connectivity index (χ4n) is 5.76.